The number of rotatable bonds is 5. The van der Waals surface area contributed by atoms with Gasteiger partial charge in [0.15, 0.2) is 9.84 Å². The quantitative estimate of drug-likeness (QED) is 0.615. The predicted molar refractivity (Wildman–Crippen MR) is 66.0 cm³/mol. The molecule has 0 amide bonds. The molecule has 2 nitrogen and oxygen atoms in total. The molecule has 0 heterocycles. The van der Waals surface area contributed by atoms with Crippen molar-refractivity contribution in [2.45, 2.75) is 18.2 Å². The fourth-order valence-electron chi connectivity index (χ4n) is 1.40. The van der Waals surface area contributed by atoms with Crippen LogP contribution in [0.1, 0.15) is 13.3 Å². The summed E-state index contributed by atoms with van der Waals surface area (Å²) >= 11 is 3.21. The molecule has 0 saturated carbocycles. The van der Waals surface area contributed by atoms with Crippen molar-refractivity contribution in [3.8, 4) is 0 Å². The Bertz CT molecular complexity index is 484. The fourth-order valence-corrected chi connectivity index (χ4v) is 4.17. The van der Waals surface area contributed by atoms with Crippen LogP contribution in [0.2, 0.25) is 0 Å². The van der Waals surface area contributed by atoms with Gasteiger partial charge in [-0.25, -0.2) is 17.2 Å². The van der Waals surface area contributed by atoms with E-state index in [1.807, 2.05) is 6.92 Å². The molecule has 0 radical (unpaired) electrons. The van der Waals surface area contributed by atoms with Gasteiger partial charge >= 0.3 is 0 Å². The molecule has 0 aliphatic carbocycles. The van der Waals surface area contributed by atoms with Crippen LogP contribution in [-0.2, 0) is 9.84 Å². The third-order valence-corrected chi connectivity index (χ3v) is 5.31. The highest BCUT2D eigenvalue weighted by atomic mass is 79.9. The highest BCUT2D eigenvalue weighted by molar-refractivity contribution is 9.09. The van der Waals surface area contributed by atoms with Crippen molar-refractivity contribution >= 4 is 25.8 Å². The maximum absolute atomic E-state index is 13.4. The molecule has 1 aromatic rings. The van der Waals surface area contributed by atoms with E-state index in [1.165, 1.54) is 0 Å². The summed E-state index contributed by atoms with van der Waals surface area (Å²) in [5.74, 6) is -2.04. The first-order chi connectivity index (χ1) is 7.90. The number of sulfone groups is 1. The lowest BCUT2D eigenvalue weighted by Gasteiger charge is -2.12. The second-order valence-electron chi connectivity index (χ2n) is 3.78. The third-order valence-electron chi connectivity index (χ3n) is 2.48. The molecule has 1 atom stereocenters. The van der Waals surface area contributed by atoms with Gasteiger partial charge in [0.25, 0.3) is 0 Å². The number of benzene rings is 1. The molecule has 0 spiro atoms. The van der Waals surface area contributed by atoms with Crippen LogP contribution >= 0.6 is 15.9 Å². The zero-order valence-electron chi connectivity index (χ0n) is 9.29. The molecule has 0 aromatic heterocycles. The lowest BCUT2D eigenvalue weighted by molar-refractivity contribution is 0.540. The minimum Gasteiger partial charge on any atom is -0.224 e. The normalized spacial score (nSPS) is 13.6. The van der Waals surface area contributed by atoms with Crippen LogP contribution in [0.5, 0.6) is 0 Å². The summed E-state index contributed by atoms with van der Waals surface area (Å²) in [5.41, 5.74) is 0. The molecular weight excluding hydrogens is 314 g/mol. The summed E-state index contributed by atoms with van der Waals surface area (Å²) in [6, 6.07) is 2.51. The largest absolute Gasteiger partial charge is 0.224 e. The first kappa shape index (κ1) is 14.6. The minimum absolute atomic E-state index is 0.0792. The maximum Gasteiger partial charge on any atom is 0.181 e. The molecule has 1 rings (SSSR count). The maximum atomic E-state index is 13.4. The molecule has 0 saturated heterocycles. The number of hydrogen-bond donors (Lipinski definition) is 0. The monoisotopic (exact) mass is 326 g/mol. The van der Waals surface area contributed by atoms with Crippen LogP contribution in [0.3, 0.4) is 0 Å². The van der Waals surface area contributed by atoms with Gasteiger partial charge in [0.05, 0.1) is 5.75 Å². The van der Waals surface area contributed by atoms with E-state index >= 15 is 0 Å². The van der Waals surface area contributed by atoms with Crippen LogP contribution in [0.4, 0.5) is 8.78 Å². The third kappa shape index (κ3) is 3.74. The van der Waals surface area contributed by atoms with Crippen LogP contribution in [-0.4, -0.2) is 19.5 Å². The van der Waals surface area contributed by atoms with Gasteiger partial charge in [-0.15, -0.1) is 0 Å². The van der Waals surface area contributed by atoms with Gasteiger partial charge < -0.3 is 0 Å². The Morgan fingerprint density at radius 3 is 2.47 bits per heavy atom. The van der Waals surface area contributed by atoms with Crippen LogP contribution in [0.25, 0.3) is 0 Å². The lowest BCUT2D eigenvalue weighted by atomic mass is 10.2. The Labute approximate surface area is 108 Å². The standard InChI is InChI=1S/C11H13BrF2O2S/c1-2-8(6-12)7-17(15,16)11-4-3-9(13)5-10(11)14/h3-5,8H,2,6-7H2,1H3. The molecule has 1 aromatic carbocycles. The summed E-state index contributed by atoms with van der Waals surface area (Å²) in [6.45, 7) is 1.86. The molecule has 0 fully saturated rings. The highest BCUT2D eigenvalue weighted by Gasteiger charge is 2.23. The van der Waals surface area contributed by atoms with Crippen molar-refractivity contribution in [2.24, 2.45) is 5.92 Å². The molecular formula is C11H13BrF2O2S. The van der Waals surface area contributed by atoms with Crippen molar-refractivity contribution in [1.29, 1.82) is 0 Å². The fraction of sp³-hybridized carbons (Fsp3) is 0.455. The average Bonchev–Trinajstić information content (AvgIpc) is 2.25. The first-order valence-electron chi connectivity index (χ1n) is 5.14. The summed E-state index contributed by atoms with van der Waals surface area (Å²) in [7, 11) is -3.70. The summed E-state index contributed by atoms with van der Waals surface area (Å²) < 4.78 is 49.9. The van der Waals surface area contributed by atoms with Crippen molar-refractivity contribution in [2.75, 3.05) is 11.1 Å². The minimum atomic E-state index is -3.70. The van der Waals surface area contributed by atoms with E-state index in [9.17, 15) is 17.2 Å². The summed E-state index contributed by atoms with van der Waals surface area (Å²) in [6.07, 6.45) is 0.674. The number of halogens is 3. The molecule has 17 heavy (non-hydrogen) atoms. The van der Waals surface area contributed by atoms with E-state index in [-0.39, 0.29) is 11.7 Å². The summed E-state index contributed by atoms with van der Waals surface area (Å²) in [4.78, 5) is -0.432. The Morgan fingerprint density at radius 1 is 1.35 bits per heavy atom. The SMILES string of the molecule is CCC(CBr)CS(=O)(=O)c1ccc(F)cc1F. The zero-order chi connectivity index (χ0) is 13.1. The van der Waals surface area contributed by atoms with Gasteiger partial charge in [-0.3, -0.25) is 0 Å². The second kappa shape index (κ2) is 5.91. The van der Waals surface area contributed by atoms with Gasteiger partial charge in [0, 0.05) is 11.4 Å². The topological polar surface area (TPSA) is 34.1 Å². The zero-order valence-corrected chi connectivity index (χ0v) is 11.7. The van der Waals surface area contributed by atoms with Crippen molar-refractivity contribution in [3.63, 3.8) is 0 Å². The highest BCUT2D eigenvalue weighted by Crippen LogP contribution is 2.20. The van der Waals surface area contributed by atoms with Crippen molar-refractivity contribution in [1.82, 2.24) is 0 Å². The van der Waals surface area contributed by atoms with Gasteiger partial charge in [-0.05, 0) is 18.1 Å². The van der Waals surface area contributed by atoms with E-state index in [0.717, 1.165) is 12.1 Å². The molecule has 1 unspecified atom stereocenters. The molecule has 0 aliphatic heterocycles. The molecule has 6 heteroatoms. The Kier molecular flexibility index (Phi) is 5.06. The molecule has 96 valence electrons. The van der Waals surface area contributed by atoms with Crippen LogP contribution < -0.4 is 0 Å². The van der Waals surface area contributed by atoms with E-state index in [1.54, 1.807) is 0 Å². The molecule has 0 bridgehead atoms. The van der Waals surface area contributed by atoms with Crippen molar-refractivity contribution < 1.29 is 17.2 Å². The molecule has 0 N–H and O–H groups in total. The average molecular weight is 327 g/mol. The van der Waals surface area contributed by atoms with E-state index in [2.05, 4.69) is 15.9 Å². The van der Waals surface area contributed by atoms with Gasteiger partial charge in [-0.2, -0.15) is 0 Å². The number of alkyl halides is 1. The second-order valence-corrected chi connectivity index (χ2v) is 6.43. The van der Waals surface area contributed by atoms with Gasteiger partial charge in [0.2, 0.25) is 0 Å². The van der Waals surface area contributed by atoms with E-state index in [4.69, 9.17) is 0 Å². The van der Waals surface area contributed by atoms with Crippen LogP contribution in [0.15, 0.2) is 23.1 Å². The molecule has 0 aliphatic rings. The smallest absolute Gasteiger partial charge is 0.181 e. The Morgan fingerprint density at radius 2 is 2.00 bits per heavy atom. The van der Waals surface area contributed by atoms with E-state index < -0.39 is 26.4 Å². The van der Waals surface area contributed by atoms with Gasteiger partial charge in [0.1, 0.15) is 16.5 Å². The van der Waals surface area contributed by atoms with Crippen molar-refractivity contribution in [3.05, 3.63) is 29.8 Å². The predicted octanol–water partition coefficient (Wildman–Crippen LogP) is 3.16. The Hall–Kier alpha value is -0.490. The van der Waals surface area contributed by atoms with Crippen LogP contribution in [0, 0.1) is 17.6 Å². The van der Waals surface area contributed by atoms with E-state index in [0.29, 0.717) is 17.8 Å². The number of hydrogen-bond acceptors (Lipinski definition) is 2. The Balaban J connectivity index is 3.05. The van der Waals surface area contributed by atoms with Gasteiger partial charge in [-0.1, -0.05) is 29.3 Å². The lowest BCUT2D eigenvalue weighted by Crippen LogP contribution is -2.18. The summed E-state index contributed by atoms with van der Waals surface area (Å²) in [5, 5.41) is 0.533. The first-order valence-corrected chi connectivity index (χ1v) is 7.91.